The maximum absolute atomic E-state index is 15.0. The molecule has 0 N–H and O–H groups in total. The van der Waals surface area contributed by atoms with E-state index in [1.165, 1.54) is 23.3 Å². The number of aryl methyl sites for hydroxylation is 2. The standard InChI is InChI=1S/C33H32FNO5/c1-21-9-12-30-24(14-21)7-5-13-35(30)20-26(37)17-25(36)15-23-10-11-27(18-29(23)34)40-31-8-4-6-22-16-32(38-2)33(39-3)19-28(22)31/h4,6,8-12,14,16,18-19H,5,7,13,15,17,20H2,1-3H3. The minimum Gasteiger partial charge on any atom is -0.493 e. The van der Waals surface area contributed by atoms with Crippen molar-refractivity contribution in [1.82, 2.24) is 0 Å². The number of ether oxygens (including phenoxy) is 3. The van der Waals surface area contributed by atoms with Gasteiger partial charge in [-0.1, -0.05) is 35.9 Å². The highest BCUT2D eigenvalue weighted by atomic mass is 19.1. The maximum Gasteiger partial charge on any atom is 0.161 e. The van der Waals surface area contributed by atoms with E-state index in [4.69, 9.17) is 14.2 Å². The lowest BCUT2D eigenvalue weighted by Crippen LogP contribution is -2.35. The molecule has 1 aliphatic rings. The summed E-state index contributed by atoms with van der Waals surface area (Å²) < 4.78 is 31.8. The van der Waals surface area contributed by atoms with Crippen LogP contribution in [0.3, 0.4) is 0 Å². The Morgan fingerprint density at radius 1 is 0.900 bits per heavy atom. The number of halogens is 1. The Morgan fingerprint density at radius 3 is 2.48 bits per heavy atom. The molecule has 1 heterocycles. The van der Waals surface area contributed by atoms with E-state index in [-0.39, 0.29) is 36.5 Å². The average Bonchev–Trinajstić information content (AvgIpc) is 2.93. The zero-order valence-electron chi connectivity index (χ0n) is 23.0. The van der Waals surface area contributed by atoms with Gasteiger partial charge in [-0.3, -0.25) is 9.59 Å². The fourth-order valence-corrected chi connectivity index (χ4v) is 5.26. The van der Waals surface area contributed by atoms with Crippen LogP contribution in [0.15, 0.2) is 66.7 Å². The smallest absolute Gasteiger partial charge is 0.161 e. The highest BCUT2D eigenvalue weighted by Gasteiger charge is 2.21. The van der Waals surface area contributed by atoms with E-state index in [0.29, 0.717) is 23.0 Å². The monoisotopic (exact) mass is 541 g/mol. The number of fused-ring (bicyclic) bond motifs is 2. The Labute approximate surface area is 233 Å². The SMILES string of the molecule is COc1cc2cccc(Oc3ccc(CC(=O)CC(=O)CN4CCCc5cc(C)ccc54)c(F)c3)c2cc1OC. The number of carbonyl (C=O) groups is 2. The molecule has 0 aromatic heterocycles. The summed E-state index contributed by atoms with van der Waals surface area (Å²) in [5, 5.41) is 1.66. The van der Waals surface area contributed by atoms with E-state index < -0.39 is 5.82 Å². The molecular formula is C33H32FNO5. The number of benzene rings is 4. The zero-order valence-corrected chi connectivity index (χ0v) is 23.0. The van der Waals surface area contributed by atoms with Gasteiger partial charge in [0.1, 0.15) is 23.1 Å². The van der Waals surface area contributed by atoms with Gasteiger partial charge in [0.05, 0.1) is 27.2 Å². The molecule has 5 rings (SSSR count). The second-order valence-corrected chi connectivity index (χ2v) is 10.1. The van der Waals surface area contributed by atoms with E-state index >= 15 is 0 Å². The van der Waals surface area contributed by atoms with Crippen molar-refractivity contribution in [3.05, 3.63) is 89.2 Å². The number of hydrogen-bond donors (Lipinski definition) is 0. The first kappa shape index (κ1) is 27.2. The van der Waals surface area contributed by atoms with Crippen molar-refractivity contribution >= 4 is 28.0 Å². The number of Topliss-reactive ketones (excluding diaryl/α,β-unsaturated/α-hetero) is 2. The van der Waals surface area contributed by atoms with Crippen LogP contribution in [-0.2, 0) is 22.4 Å². The van der Waals surface area contributed by atoms with Crippen LogP contribution in [-0.4, -0.2) is 38.9 Å². The molecule has 0 atom stereocenters. The second kappa shape index (κ2) is 11.8. The summed E-state index contributed by atoms with van der Waals surface area (Å²) >= 11 is 0. The Hall–Kier alpha value is -4.39. The van der Waals surface area contributed by atoms with E-state index in [1.807, 2.05) is 41.3 Å². The molecule has 7 heteroatoms. The summed E-state index contributed by atoms with van der Waals surface area (Å²) in [6, 6.07) is 19.9. The van der Waals surface area contributed by atoms with Crippen molar-refractivity contribution in [2.75, 3.05) is 32.2 Å². The molecule has 6 nitrogen and oxygen atoms in total. The molecule has 0 fully saturated rings. The number of hydrogen-bond acceptors (Lipinski definition) is 6. The first-order chi connectivity index (χ1) is 19.3. The summed E-state index contributed by atoms with van der Waals surface area (Å²) in [6.07, 6.45) is 1.58. The van der Waals surface area contributed by atoms with Crippen LogP contribution in [0, 0.1) is 12.7 Å². The van der Waals surface area contributed by atoms with E-state index in [1.54, 1.807) is 26.4 Å². The summed E-state index contributed by atoms with van der Waals surface area (Å²) in [5.74, 6) is 0.947. The molecule has 0 bridgehead atoms. The molecule has 0 radical (unpaired) electrons. The Balaban J connectivity index is 1.23. The van der Waals surface area contributed by atoms with Crippen molar-refractivity contribution in [2.45, 2.75) is 32.6 Å². The van der Waals surface area contributed by atoms with Crippen LogP contribution >= 0.6 is 0 Å². The van der Waals surface area contributed by atoms with Crippen LogP contribution in [0.5, 0.6) is 23.0 Å². The molecule has 0 amide bonds. The van der Waals surface area contributed by atoms with Crippen LogP contribution in [0.2, 0.25) is 0 Å². The predicted molar refractivity (Wildman–Crippen MR) is 154 cm³/mol. The first-order valence-corrected chi connectivity index (χ1v) is 13.3. The van der Waals surface area contributed by atoms with Gasteiger partial charge < -0.3 is 19.1 Å². The third-order valence-corrected chi connectivity index (χ3v) is 7.20. The Kier molecular flexibility index (Phi) is 8.01. The summed E-state index contributed by atoms with van der Waals surface area (Å²) in [5.41, 5.74) is 3.71. The third-order valence-electron chi connectivity index (χ3n) is 7.20. The first-order valence-electron chi connectivity index (χ1n) is 13.3. The van der Waals surface area contributed by atoms with Crippen molar-refractivity contribution in [3.8, 4) is 23.0 Å². The van der Waals surface area contributed by atoms with Crippen molar-refractivity contribution < 1.29 is 28.2 Å². The van der Waals surface area contributed by atoms with Crippen LogP contribution in [0.4, 0.5) is 10.1 Å². The minimum atomic E-state index is -0.557. The molecule has 4 aromatic carbocycles. The third kappa shape index (κ3) is 5.93. The Morgan fingerprint density at radius 2 is 1.70 bits per heavy atom. The fourth-order valence-electron chi connectivity index (χ4n) is 5.26. The topological polar surface area (TPSA) is 65.1 Å². The van der Waals surface area contributed by atoms with Gasteiger partial charge in [-0.05, 0) is 66.6 Å². The van der Waals surface area contributed by atoms with Crippen LogP contribution in [0.1, 0.15) is 29.5 Å². The molecule has 206 valence electrons. The largest absolute Gasteiger partial charge is 0.493 e. The molecule has 4 aromatic rings. The average molecular weight is 542 g/mol. The van der Waals surface area contributed by atoms with Gasteiger partial charge in [-0.15, -0.1) is 0 Å². The van der Waals surface area contributed by atoms with Gasteiger partial charge in [0.25, 0.3) is 0 Å². The van der Waals surface area contributed by atoms with Gasteiger partial charge in [0.15, 0.2) is 17.3 Å². The Bertz CT molecular complexity index is 1580. The quantitative estimate of drug-likeness (QED) is 0.210. The molecule has 0 unspecified atom stereocenters. The summed E-state index contributed by atoms with van der Waals surface area (Å²) in [7, 11) is 3.13. The van der Waals surface area contributed by atoms with Gasteiger partial charge >= 0.3 is 0 Å². The molecule has 1 aliphatic heterocycles. The van der Waals surface area contributed by atoms with Crippen LogP contribution in [0.25, 0.3) is 10.8 Å². The van der Waals surface area contributed by atoms with Gasteiger partial charge in [0, 0.05) is 30.1 Å². The zero-order chi connectivity index (χ0) is 28.2. The maximum atomic E-state index is 15.0. The van der Waals surface area contributed by atoms with Gasteiger partial charge in [-0.25, -0.2) is 4.39 Å². The lowest BCUT2D eigenvalue weighted by molar-refractivity contribution is -0.125. The number of methoxy groups -OCH3 is 2. The summed E-state index contributed by atoms with van der Waals surface area (Å²) in [6.45, 7) is 3.02. The van der Waals surface area contributed by atoms with Crippen molar-refractivity contribution in [1.29, 1.82) is 0 Å². The molecule has 0 spiro atoms. The molecule has 0 saturated heterocycles. The van der Waals surface area contributed by atoms with Crippen molar-refractivity contribution in [2.24, 2.45) is 0 Å². The normalized spacial score (nSPS) is 12.7. The molecule has 0 saturated carbocycles. The number of rotatable bonds is 10. The van der Waals surface area contributed by atoms with Crippen LogP contribution < -0.4 is 19.1 Å². The molecule has 0 aliphatic carbocycles. The highest BCUT2D eigenvalue weighted by molar-refractivity contribution is 6.01. The van der Waals surface area contributed by atoms with Gasteiger partial charge in [0.2, 0.25) is 0 Å². The lowest BCUT2D eigenvalue weighted by Gasteiger charge is -2.31. The lowest BCUT2D eigenvalue weighted by atomic mass is 9.98. The fraction of sp³-hybridized carbons (Fsp3) is 0.273. The van der Waals surface area contributed by atoms with E-state index in [9.17, 15) is 14.0 Å². The predicted octanol–water partition coefficient (Wildman–Crippen LogP) is 6.62. The second-order valence-electron chi connectivity index (χ2n) is 10.1. The van der Waals surface area contributed by atoms with E-state index in [0.717, 1.165) is 35.8 Å². The highest BCUT2D eigenvalue weighted by Crippen LogP contribution is 2.38. The molecular weight excluding hydrogens is 509 g/mol. The number of ketones is 2. The number of anilines is 1. The molecule has 40 heavy (non-hydrogen) atoms. The minimum absolute atomic E-state index is 0.154. The van der Waals surface area contributed by atoms with Crippen molar-refractivity contribution in [3.63, 3.8) is 0 Å². The van der Waals surface area contributed by atoms with E-state index in [2.05, 4.69) is 13.0 Å². The number of carbonyl (C=O) groups excluding carboxylic acids is 2. The van der Waals surface area contributed by atoms with Gasteiger partial charge in [-0.2, -0.15) is 0 Å². The summed E-state index contributed by atoms with van der Waals surface area (Å²) in [4.78, 5) is 27.5. The number of nitrogens with zero attached hydrogens (tertiary/aromatic N) is 1.